The number of nitrogen functional groups attached to an aromatic ring is 1. The van der Waals surface area contributed by atoms with Gasteiger partial charge in [-0.05, 0) is 64.5 Å². The van der Waals surface area contributed by atoms with Crippen molar-refractivity contribution >= 4 is 61.3 Å². The molecule has 1 aliphatic carbocycles. The zero-order valence-electron chi connectivity index (χ0n) is 19.5. The predicted octanol–water partition coefficient (Wildman–Crippen LogP) is 3.10. The number of hydrogen-bond donors (Lipinski definition) is 2. The molecule has 2 fully saturated rings. The lowest BCUT2D eigenvalue weighted by Gasteiger charge is -2.27. The highest BCUT2D eigenvalue weighted by Crippen LogP contribution is 2.48. The Morgan fingerprint density at radius 3 is 2.89 bits per heavy atom. The Balaban J connectivity index is 1.32. The molecule has 1 aliphatic heterocycles. The summed E-state index contributed by atoms with van der Waals surface area (Å²) in [6.07, 6.45) is 2.98. The van der Waals surface area contributed by atoms with E-state index in [1.165, 1.54) is 6.33 Å². The van der Waals surface area contributed by atoms with Crippen molar-refractivity contribution in [3.8, 4) is 0 Å². The Bertz CT molecular complexity index is 1520. The van der Waals surface area contributed by atoms with Gasteiger partial charge in [0.25, 0.3) is 0 Å². The zero-order valence-corrected chi connectivity index (χ0v) is 21.1. The van der Waals surface area contributed by atoms with Crippen LogP contribution in [-0.4, -0.2) is 55.4 Å². The molecule has 36 heavy (non-hydrogen) atoms. The second-order valence-corrected chi connectivity index (χ2v) is 10.1. The Hall–Kier alpha value is -3.57. The van der Waals surface area contributed by atoms with Crippen molar-refractivity contribution in [1.82, 2.24) is 24.4 Å². The summed E-state index contributed by atoms with van der Waals surface area (Å²) in [7, 11) is 1.64. The van der Waals surface area contributed by atoms with E-state index in [4.69, 9.17) is 10.5 Å². The average molecular weight is 550 g/mol. The van der Waals surface area contributed by atoms with Crippen LogP contribution in [0.3, 0.4) is 0 Å². The van der Waals surface area contributed by atoms with Crippen molar-refractivity contribution in [2.75, 3.05) is 18.2 Å². The molecule has 2 amide bonds. The van der Waals surface area contributed by atoms with Crippen LogP contribution in [0.5, 0.6) is 0 Å². The summed E-state index contributed by atoms with van der Waals surface area (Å²) in [5.74, 6) is 0.808. The van der Waals surface area contributed by atoms with Crippen LogP contribution in [0.2, 0.25) is 0 Å². The van der Waals surface area contributed by atoms with Gasteiger partial charge in [0.15, 0.2) is 0 Å². The van der Waals surface area contributed by atoms with Gasteiger partial charge in [0, 0.05) is 18.5 Å². The molecule has 1 saturated carbocycles. The monoisotopic (exact) mass is 549 g/mol. The third-order valence-corrected chi connectivity index (χ3v) is 7.44. The van der Waals surface area contributed by atoms with E-state index in [1.54, 1.807) is 30.2 Å². The SMILES string of the molecule is COCc1ccc2c(c1)c1c(N)ncnc1n2CC(=O)N1C2C[C@@H]2C[C@H]1C(=O)Nc1cccc(Br)n1. The molecular formula is C25H24BrN7O3. The van der Waals surface area contributed by atoms with Crippen LogP contribution in [0.4, 0.5) is 11.6 Å². The number of halogens is 1. The molecule has 4 aromatic rings. The minimum atomic E-state index is -0.539. The fourth-order valence-electron chi connectivity index (χ4n) is 5.36. The maximum atomic E-state index is 13.7. The number of fused-ring (bicyclic) bond motifs is 4. The Morgan fingerprint density at radius 2 is 2.08 bits per heavy atom. The third-order valence-electron chi connectivity index (χ3n) is 7.00. The first kappa shape index (κ1) is 22.9. The summed E-state index contributed by atoms with van der Waals surface area (Å²) < 4.78 is 7.77. The normalized spacial score (nSPS) is 20.6. The number of piperidine rings is 1. The molecule has 0 spiro atoms. The van der Waals surface area contributed by atoms with Crippen LogP contribution in [-0.2, 0) is 27.5 Å². The van der Waals surface area contributed by atoms with Crippen molar-refractivity contribution in [2.24, 2.45) is 5.92 Å². The van der Waals surface area contributed by atoms with E-state index in [1.807, 2.05) is 22.8 Å². The van der Waals surface area contributed by atoms with Crippen LogP contribution in [0, 0.1) is 5.92 Å². The number of hydrogen-bond acceptors (Lipinski definition) is 7. The van der Waals surface area contributed by atoms with Gasteiger partial charge in [0.2, 0.25) is 11.8 Å². The molecule has 3 atom stereocenters. The lowest BCUT2D eigenvalue weighted by atomic mass is 10.1. The summed E-state index contributed by atoms with van der Waals surface area (Å²) in [6.45, 7) is 0.498. The smallest absolute Gasteiger partial charge is 0.248 e. The summed E-state index contributed by atoms with van der Waals surface area (Å²) in [5.41, 5.74) is 8.64. The second kappa shape index (κ2) is 8.82. The molecule has 0 bridgehead atoms. The van der Waals surface area contributed by atoms with Gasteiger partial charge in [-0.15, -0.1) is 0 Å². The summed E-state index contributed by atoms with van der Waals surface area (Å²) in [5, 5.41) is 4.44. The van der Waals surface area contributed by atoms with Gasteiger partial charge in [0.05, 0.1) is 17.5 Å². The van der Waals surface area contributed by atoms with E-state index in [0.29, 0.717) is 46.2 Å². The second-order valence-electron chi connectivity index (χ2n) is 9.28. The van der Waals surface area contributed by atoms with E-state index in [9.17, 15) is 9.59 Å². The first-order chi connectivity index (χ1) is 17.4. The number of methoxy groups -OCH3 is 1. The van der Waals surface area contributed by atoms with Gasteiger partial charge in [-0.1, -0.05) is 12.1 Å². The number of anilines is 2. The fourth-order valence-corrected chi connectivity index (χ4v) is 5.70. The van der Waals surface area contributed by atoms with Crippen LogP contribution < -0.4 is 11.1 Å². The lowest BCUT2D eigenvalue weighted by molar-refractivity contribution is -0.138. The number of carbonyl (C=O) groups is 2. The number of carbonyl (C=O) groups excluding carboxylic acids is 2. The summed E-state index contributed by atoms with van der Waals surface area (Å²) in [4.78, 5) is 41.5. The molecule has 10 nitrogen and oxygen atoms in total. The number of nitrogens with one attached hydrogen (secondary N) is 1. The molecule has 2 aliphatic rings. The molecule has 184 valence electrons. The molecule has 6 rings (SSSR count). The highest BCUT2D eigenvalue weighted by atomic mass is 79.9. The first-order valence-corrected chi connectivity index (χ1v) is 12.5. The van der Waals surface area contributed by atoms with E-state index >= 15 is 0 Å². The number of likely N-dealkylation sites (tertiary alicyclic amines) is 1. The molecular weight excluding hydrogens is 526 g/mol. The fraction of sp³-hybridized carbons (Fsp3) is 0.320. The zero-order chi connectivity index (χ0) is 25.0. The largest absolute Gasteiger partial charge is 0.383 e. The number of ether oxygens (including phenoxy) is 1. The van der Waals surface area contributed by atoms with Gasteiger partial charge >= 0.3 is 0 Å². The number of pyridine rings is 1. The first-order valence-electron chi connectivity index (χ1n) is 11.7. The molecule has 1 unspecified atom stereocenters. The van der Waals surface area contributed by atoms with Crippen LogP contribution >= 0.6 is 15.9 Å². The van der Waals surface area contributed by atoms with Crippen molar-refractivity contribution in [2.45, 2.75) is 38.1 Å². The Morgan fingerprint density at radius 1 is 1.22 bits per heavy atom. The van der Waals surface area contributed by atoms with Gasteiger partial charge in [-0.25, -0.2) is 15.0 Å². The van der Waals surface area contributed by atoms with E-state index < -0.39 is 6.04 Å². The number of rotatable bonds is 6. The van der Waals surface area contributed by atoms with Gasteiger partial charge < -0.3 is 25.3 Å². The molecule has 1 saturated heterocycles. The topological polar surface area (TPSA) is 128 Å². The van der Waals surface area contributed by atoms with E-state index in [0.717, 1.165) is 22.9 Å². The number of benzene rings is 1. The van der Waals surface area contributed by atoms with Crippen molar-refractivity contribution in [3.05, 3.63) is 52.9 Å². The Labute approximate surface area is 215 Å². The van der Waals surface area contributed by atoms with Gasteiger partial charge in [-0.2, -0.15) is 0 Å². The van der Waals surface area contributed by atoms with Crippen molar-refractivity contribution < 1.29 is 14.3 Å². The standard InChI is InChI=1S/C25H24BrN7O3/c1-36-11-13-5-6-16-15(7-13)22-23(27)28-12-29-24(22)32(16)10-21(34)33-17-8-14(17)9-18(33)25(35)31-20-4-2-3-19(26)30-20/h2-7,12,14,17-18H,8-11H2,1H3,(H2,27,28,29)(H,30,31,35)/t14-,17?,18+/m1/s1. The highest BCUT2D eigenvalue weighted by Gasteiger charge is 2.56. The van der Waals surface area contributed by atoms with E-state index in [2.05, 4.69) is 36.2 Å². The van der Waals surface area contributed by atoms with Crippen molar-refractivity contribution in [1.29, 1.82) is 0 Å². The maximum Gasteiger partial charge on any atom is 0.248 e. The number of nitrogens with two attached hydrogens (primary N) is 1. The maximum absolute atomic E-state index is 13.7. The summed E-state index contributed by atoms with van der Waals surface area (Å²) >= 11 is 3.32. The van der Waals surface area contributed by atoms with Crippen LogP contribution in [0.1, 0.15) is 18.4 Å². The average Bonchev–Trinajstić information content (AvgIpc) is 3.40. The molecule has 1 aromatic carbocycles. The quantitative estimate of drug-likeness (QED) is 0.353. The lowest BCUT2D eigenvalue weighted by Crippen LogP contribution is -2.46. The minimum absolute atomic E-state index is 0.0439. The summed E-state index contributed by atoms with van der Waals surface area (Å²) in [6, 6.07) is 10.8. The third kappa shape index (κ3) is 3.88. The highest BCUT2D eigenvalue weighted by molar-refractivity contribution is 9.10. The predicted molar refractivity (Wildman–Crippen MR) is 138 cm³/mol. The molecule has 0 radical (unpaired) electrons. The van der Waals surface area contributed by atoms with Crippen molar-refractivity contribution in [3.63, 3.8) is 0 Å². The number of amides is 2. The Kier molecular flexibility index (Phi) is 5.60. The van der Waals surface area contributed by atoms with Gasteiger partial charge in [-0.3, -0.25) is 9.59 Å². The molecule has 11 heteroatoms. The number of nitrogens with zero attached hydrogens (tertiary/aromatic N) is 5. The van der Waals surface area contributed by atoms with Crippen LogP contribution in [0.25, 0.3) is 21.9 Å². The molecule has 3 N–H and O–H groups in total. The molecule has 4 heterocycles. The number of aromatic nitrogens is 4. The van der Waals surface area contributed by atoms with E-state index in [-0.39, 0.29) is 24.4 Å². The van der Waals surface area contributed by atoms with Gasteiger partial charge in [0.1, 0.15) is 40.8 Å². The minimum Gasteiger partial charge on any atom is -0.383 e. The molecule has 3 aromatic heterocycles. The van der Waals surface area contributed by atoms with Crippen LogP contribution in [0.15, 0.2) is 47.3 Å².